The van der Waals surface area contributed by atoms with Crippen molar-refractivity contribution < 1.29 is 9.59 Å². The molecule has 0 saturated carbocycles. The maximum absolute atomic E-state index is 12.5. The van der Waals surface area contributed by atoms with Crippen LogP contribution in [0.1, 0.15) is 6.92 Å². The second kappa shape index (κ2) is 8.30. The SMILES string of the molecule is CC(=O)Nc1ccc(-c2csc(NC(=O)Cn3ccc(=O)c4ccccc43)n2)cc1. The third-order valence-corrected chi connectivity index (χ3v) is 5.21. The number of anilines is 2. The third kappa shape index (κ3) is 4.28. The highest BCUT2D eigenvalue weighted by Crippen LogP contribution is 2.26. The molecule has 2 aromatic heterocycles. The number of carbonyl (C=O) groups excluding carboxylic acids is 2. The van der Waals surface area contributed by atoms with Gasteiger partial charge in [0.2, 0.25) is 11.8 Å². The zero-order valence-corrected chi connectivity index (χ0v) is 16.9. The number of fused-ring (bicyclic) bond motifs is 1. The number of amides is 2. The van der Waals surface area contributed by atoms with Crippen molar-refractivity contribution in [2.45, 2.75) is 13.5 Å². The minimum absolute atomic E-state index is 0.0706. The fourth-order valence-corrected chi connectivity index (χ4v) is 3.84. The maximum atomic E-state index is 12.5. The second-order valence-electron chi connectivity index (χ2n) is 6.67. The topological polar surface area (TPSA) is 93.1 Å². The molecule has 30 heavy (non-hydrogen) atoms. The molecule has 0 radical (unpaired) electrons. The molecule has 7 nitrogen and oxygen atoms in total. The van der Waals surface area contributed by atoms with Crippen LogP contribution in [0.3, 0.4) is 0 Å². The van der Waals surface area contributed by atoms with E-state index in [1.165, 1.54) is 24.3 Å². The predicted molar refractivity (Wildman–Crippen MR) is 119 cm³/mol. The van der Waals surface area contributed by atoms with Crippen molar-refractivity contribution in [3.8, 4) is 11.3 Å². The van der Waals surface area contributed by atoms with Crippen molar-refractivity contribution >= 4 is 44.9 Å². The quantitative estimate of drug-likeness (QED) is 0.517. The van der Waals surface area contributed by atoms with E-state index in [1.807, 2.05) is 29.6 Å². The molecular weight excluding hydrogens is 400 g/mol. The molecule has 2 heterocycles. The van der Waals surface area contributed by atoms with E-state index < -0.39 is 0 Å². The van der Waals surface area contributed by atoms with Crippen molar-refractivity contribution in [2.24, 2.45) is 0 Å². The first kappa shape index (κ1) is 19.5. The van der Waals surface area contributed by atoms with Crippen molar-refractivity contribution in [1.29, 1.82) is 0 Å². The Kier molecular flexibility index (Phi) is 5.40. The normalized spacial score (nSPS) is 10.7. The first-order chi connectivity index (χ1) is 14.5. The van der Waals surface area contributed by atoms with Crippen molar-refractivity contribution in [1.82, 2.24) is 9.55 Å². The molecule has 0 spiro atoms. The molecule has 2 aromatic carbocycles. The van der Waals surface area contributed by atoms with E-state index in [1.54, 1.807) is 35.0 Å². The van der Waals surface area contributed by atoms with Crippen LogP contribution in [0.2, 0.25) is 0 Å². The first-order valence-electron chi connectivity index (χ1n) is 9.21. The van der Waals surface area contributed by atoms with Crippen LogP contribution in [-0.4, -0.2) is 21.4 Å². The monoisotopic (exact) mass is 418 g/mol. The molecule has 4 rings (SSSR count). The molecule has 0 saturated heterocycles. The summed E-state index contributed by atoms with van der Waals surface area (Å²) in [6.45, 7) is 1.53. The van der Waals surface area contributed by atoms with E-state index >= 15 is 0 Å². The fourth-order valence-electron chi connectivity index (χ4n) is 3.10. The molecule has 0 fully saturated rings. The van der Waals surface area contributed by atoms with Crippen molar-refractivity contribution in [3.63, 3.8) is 0 Å². The molecule has 0 bridgehead atoms. The van der Waals surface area contributed by atoms with E-state index in [0.717, 1.165) is 11.3 Å². The number of rotatable bonds is 5. The number of benzene rings is 2. The third-order valence-electron chi connectivity index (χ3n) is 4.45. The Labute approximate surface area is 176 Å². The minimum atomic E-state index is -0.231. The summed E-state index contributed by atoms with van der Waals surface area (Å²) in [5, 5.41) is 8.46. The highest BCUT2D eigenvalue weighted by atomic mass is 32.1. The summed E-state index contributed by atoms with van der Waals surface area (Å²) in [7, 11) is 0. The number of carbonyl (C=O) groups is 2. The number of hydrogen-bond donors (Lipinski definition) is 2. The van der Waals surface area contributed by atoms with Crippen molar-refractivity contribution in [3.05, 3.63) is 76.4 Å². The van der Waals surface area contributed by atoms with Gasteiger partial charge in [0.15, 0.2) is 10.6 Å². The van der Waals surface area contributed by atoms with Crippen LogP contribution >= 0.6 is 11.3 Å². The van der Waals surface area contributed by atoms with E-state index in [0.29, 0.717) is 21.7 Å². The van der Waals surface area contributed by atoms with Gasteiger partial charge in [0.1, 0.15) is 6.54 Å². The molecule has 8 heteroatoms. The van der Waals surface area contributed by atoms with Gasteiger partial charge in [-0.15, -0.1) is 11.3 Å². The first-order valence-corrected chi connectivity index (χ1v) is 10.1. The van der Waals surface area contributed by atoms with Gasteiger partial charge in [0, 0.05) is 41.2 Å². The van der Waals surface area contributed by atoms with Gasteiger partial charge in [0.25, 0.3) is 0 Å². The Morgan fingerprint density at radius 3 is 2.57 bits per heavy atom. The van der Waals surface area contributed by atoms with Gasteiger partial charge in [-0.05, 0) is 24.3 Å². The summed E-state index contributed by atoms with van der Waals surface area (Å²) in [5.74, 6) is -0.359. The van der Waals surface area contributed by atoms with Crippen LogP contribution in [0.25, 0.3) is 22.2 Å². The molecule has 0 aliphatic rings. The average Bonchev–Trinajstić information content (AvgIpc) is 3.19. The van der Waals surface area contributed by atoms with Gasteiger partial charge in [-0.3, -0.25) is 14.4 Å². The van der Waals surface area contributed by atoms with E-state index in [4.69, 9.17) is 0 Å². The lowest BCUT2D eigenvalue weighted by Crippen LogP contribution is -2.20. The Hall–Kier alpha value is -3.78. The lowest BCUT2D eigenvalue weighted by molar-refractivity contribution is -0.116. The number of aromatic nitrogens is 2. The van der Waals surface area contributed by atoms with Crippen LogP contribution in [-0.2, 0) is 16.1 Å². The highest BCUT2D eigenvalue weighted by molar-refractivity contribution is 7.14. The number of pyridine rings is 1. The molecule has 4 aromatic rings. The summed E-state index contributed by atoms with van der Waals surface area (Å²) in [4.78, 5) is 40.1. The number of thiazole rings is 1. The molecule has 0 unspecified atom stereocenters. The lowest BCUT2D eigenvalue weighted by Gasteiger charge is -2.09. The minimum Gasteiger partial charge on any atom is -0.338 e. The zero-order valence-electron chi connectivity index (χ0n) is 16.1. The van der Waals surface area contributed by atoms with E-state index in [-0.39, 0.29) is 23.8 Å². The van der Waals surface area contributed by atoms with Gasteiger partial charge >= 0.3 is 0 Å². The highest BCUT2D eigenvalue weighted by Gasteiger charge is 2.10. The molecule has 0 aliphatic heterocycles. The van der Waals surface area contributed by atoms with Gasteiger partial charge in [-0.25, -0.2) is 4.98 Å². The molecule has 0 aliphatic carbocycles. The van der Waals surface area contributed by atoms with Gasteiger partial charge in [0.05, 0.1) is 11.2 Å². The Bertz CT molecular complexity index is 1290. The lowest BCUT2D eigenvalue weighted by atomic mass is 10.1. The Morgan fingerprint density at radius 2 is 1.80 bits per heavy atom. The van der Waals surface area contributed by atoms with Gasteiger partial charge < -0.3 is 15.2 Å². The van der Waals surface area contributed by atoms with Crippen LogP contribution in [0.4, 0.5) is 10.8 Å². The molecule has 2 amide bonds. The van der Waals surface area contributed by atoms with Crippen LogP contribution < -0.4 is 16.1 Å². The molecule has 2 N–H and O–H groups in total. The molecular formula is C22H18N4O3S. The Morgan fingerprint density at radius 1 is 1.03 bits per heavy atom. The van der Waals surface area contributed by atoms with Crippen LogP contribution in [0.5, 0.6) is 0 Å². The zero-order chi connectivity index (χ0) is 21.1. The summed E-state index contributed by atoms with van der Waals surface area (Å²) >= 11 is 1.33. The predicted octanol–water partition coefficient (Wildman–Crippen LogP) is 3.72. The van der Waals surface area contributed by atoms with Crippen molar-refractivity contribution in [2.75, 3.05) is 10.6 Å². The van der Waals surface area contributed by atoms with Gasteiger partial charge in [-0.2, -0.15) is 0 Å². The molecule has 150 valence electrons. The van der Waals surface area contributed by atoms with Crippen LogP contribution in [0.15, 0.2) is 71.0 Å². The fraction of sp³-hybridized carbons (Fsp3) is 0.0909. The summed E-state index contributed by atoms with van der Waals surface area (Å²) < 4.78 is 1.74. The summed E-state index contributed by atoms with van der Waals surface area (Å²) in [6.07, 6.45) is 1.62. The second-order valence-corrected chi connectivity index (χ2v) is 7.53. The number of para-hydroxylation sites is 1. The largest absolute Gasteiger partial charge is 0.338 e. The van der Waals surface area contributed by atoms with E-state index in [2.05, 4.69) is 15.6 Å². The number of nitrogens with zero attached hydrogens (tertiary/aromatic N) is 2. The number of nitrogens with one attached hydrogen (secondary N) is 2. The number of hydrogen-bond acceptors (Lipinski definition) is 5. The molecule has 0 atom stereocenters. The van der Waals surface area contributed by atoms with E-state index in [9.17, 15) is 14.4 Å². The smallest absolute Gasteiger partial charge is 0.246 e. The van der Waals surface area contributed by atoms with Gasteiger partial charge in [-0.1, -0.05) is 24.3 Å². The van der Waals surface area contributed by atoms with Crippen LogP contribution in [0, 0.1) is 0 Å². The average molecular weight is 418 g/mol. The summed E-state index contributed by atoms with van der Waals surface area (Å²) in [5.41, 5.74) is 2.96. The maximum Gasteiger partial charge on any atom is 0.246 e. The standard InChI is InChI=1S/C22H18N4O3S/c1-14(27)23-16-8-6-15(7-9-16)18-13-30-22(24-18)25-21(29)12-26-11-10-20(28)17-4-2-3-5-19(17)26/h2-11,13H,12H2,1H3,(H,23,27)(H,24,25,29). The Balaban J connectivity index is 1.46. The summed E-state index contributed by atoms with van der Waals surface area (Å²) in [6, 6.07) is 16.0.